The summed E-state index contributed by atoms with van der Waals surface area (Å²) >= 11 is 15.5. The van der Waals surface area contributed by atoms with E-state index in [1.54, 1.807) is 6.92 Å². The zero-order chi connectivity index (χ0) is 21.4. The van der Waals surface area contributed by atoms with E-state index in [1.807, 2.05) is 0 Å². The molecule has 1 fully saturated rings. The monoisotopic (exact) mass is 501 g/mol. The number of benzene rings is 1. The number of nitrogens with one attached hydrogen (secondary N) is 1. The highest BCUT2D eigenvalue weighted by atomic mass is 79.9. The van der Waals surface area contributed by atoms with E-state index in [4.69, 9.17) is 28.9 Å². The van der Waals surface area contributed by atoms with Gasteiger partial charge in [-0.15, -0.1) is 0 Å². The number of rotatable bonds is 8. The highest BCUT2D eigenvalue weighted by Gasteiger charge is 2.23. The van der Waals surface area contributed by atoms with Gasteiger partial charge in [0, 0.05) is 28.3 Å². The Kier molecular flexibility index (Phi) is 10.0. The van der Waals surface area contributed by atoms with Crippen molar-refractivity contribution in [3.63, 3.8) is 0 Å². The fraction of sp³-hybridized carbons (Fsp3) is 0.500. The van der Waals surface area contributed by atoms with Crippen LogP contribution in [0.3, 0.4) is 0 Å². The van der Waals surface area contributed by atoms with Gasteiger partial charge in [0.05, 0.1) is 10.6 Å². The Balaban J connectivity index is 1.74. The molecular weight excluding hydrogens is 473 g/mol. The van der Waals surface area contributed by atoms with Crippen molar-refractivity contribution in [2.75, 3.05) is 19.6 Å². The molecule has 1 aromatic carbocycles. The molecule has 1 heterocycles. The van der Waals surface area contributed by atoms with Gasteiger partial charge in [-0.25, -0.2) is 0 Å². The zero-order valence-corrected chi connectivity index (χ0v) is 20.2. The lowest BCUT2D eigenvalue weighted by Crippen LogP contribution is -2.42. The number of amides is 1. The molecule has 1 aliphatic rings. The Morgan fingerprint density at radius 3 is 2.48 bits per heavy atom. The number of hydrogen-bond donors (Lipinski definition) is 2. The second-order valence-electron chi connectivity index (χ2n) is 7.63. The molecule has 3 N–H and O–H groups in total. The van der Waals surface area contributed by atoms with Gasteiger partial charge in [-0.2, -0.15) is 0 Å². The van der Waals surface area contributed by atoms with Crippen molar-refractivity contribution in [3.8, 4) is 0 Å². The first-order valence-electron chi connectivity index (χ1n) is 10.0. The molecule has 1 aliphatic heterocycles. The van der Waals surface area contributed by atoms with Crippen LogP contribution in [0.2, 0.25) is 0 Å². The van der Waals surface area contributed by atoms with Crippen molar-refractivity contribution >= 4 is 45.0 Å². The molecule has 29 heavy (non-hydrogen) atoms. The number of allylic oxidation sites excluding steroid dienone is 1. The topological polar surface area (TPSA) is 58.4 Å². The van der Waals surface area contributed by atoms with E-state index in [0.717, 1.165) is 36.3 Å². The highest BCUT2D eigenvalue weighted by Crippen LogP contribution is 2.24. The number of nitrogens with zero attached hydrogens (tertiary/aromatic N) is 1. The summed E-state index contributed by atoms with van der Waals surface area (Å²) in [5.74, 6) is 0.452. The fourth-order valence-electron chi connectivity index (χ4n) is 3.73. The van der Waals surface area contributed by atoms with Gasteiger partial charge >= 0.3 is 0 Å². The minimum Gasteiger partial charge on any atom is -0.403 e. The maximum absolute atomic E-state index is 12.3. The van der Waals surface area contributed by atoms with E-state index in [9.17, 15) is 4.79 Å². The van der Waals surface area contributed by atoms with Crippen LogP contribution in [0.15, 0.2) is 50.6 Å². The van der Waals surface area contributed by atoms with E-state index in [0.29, 0.717) is 17.6 Å². The van der Waals surface area contributed by atoms with Crippen LogP contribution in [-0.2, 0) is 11.2 Å². The summed E-state index contributed by atoms with van der Waals surface area (Å²) in [6.07, 6.45) is 5.63. The van der Waals surface area contributed by atoms with Crippen molar-refractivity contribution in [1.82, 2.24) is 10.2 Å². The van der Waals surface area contributed by atoms with Crippen LogP contribution in [0.4, 0.5) is 0 Å². The molecule has 2 rings (SSSR count). The van der Waals surface area contributed by atoms with Crippen LogP contribution >= 0.6 is 39.1 Å². The molecule has 1 saturated heterocycles. The lowest BCUT2D eigenvalue weighted by atomic mass is 9.89. The van der Waals surface area contributed by atoms with E-state index >= 15 is 0 Å². The molecule has 1 unspecified atom stereocenters. The van der Waals surface area contributed by atoms with E-state index < -0.39 is 0 Å². The number of halogens is 3. The molecule has 0 bridgehead atoms. The molecule has 7 heteroatoms. The van der Waals surface area contributed by atoms with Gasteiger partial charge in [0.15, 0.2) is 0 Å². The van der Waals surface area contributed by atoms with Crippen LogP contribution in [0, 0.1) is 5.92 Å². The molecule has 1 atom stereocenters. The first-order valence-corrected chi connectivity index (χ1v) is 11.6. The van der Waals surface area contributed by atoms with Gasteiger partial charge in [0.2, 0.25) is 0 Å². The van der Waals surface area contributed by atoms with Gasteiger partial charge in [0.1, 0.15) is 0 Å². The Bertz CT molecular complexity index is 737. The summed E-state index contributed by atoms with van der Waals surface area (Å²) in [6, 6.07) is 9.06. The third kappa shape index (κ3) is 7.63. The number of carbonyl (C=O) groups excluding carboxylic acids is 1. The van der Waals surface area contributed by atoms with Crippen molar-refractivity contribution in [2.24, 2.45) is 11.7 Å². The predicted octanol–water partition coefficient (Wildman–Crippen LogP) is 5.15. The Labute approximate surface area is 192 Å². The average Bonchev–Trinajstić information content (AvgIpc) is 2.70. The van der Waals surface area contributed by atoms with E-state index in [-0.39, 0.29) is 16.5 Å². The average molecular weight is 503 g/mol. The lowest BCUT2D eigenvalue weighted by Gasteiger charge is -2.36. The first-order chi connectivity index (χ1) is 13.8. The summed E-state index contributed by atoms with van der Waals surface area (Å²) in [5, 5.41) is 3.39. The third-order valence-corrected chi connectivity index (χ3v) is 6.55. The Morgan fingerprint density at radius 2 is 1.93 bits per heavy atom. The number of hydrogen-bond acceptors (Lipinski definition) is 3. The predicted molar refractivity (Wildman–Crippen MR) is 126 cm³/mol. The third-order valence-electron chi connectivity index (χ3n) is 5.51. The molecule has 4 nitrogen and oxygen atoms in total. The quantitative estimate of drug-likeness (QED) is 0.381. The molecule has 1 aromatic rings. The summed E-state index contributed by atoms with van der Waals surface area (Å²) in [6.45, 7) is 6.62. The van der Waals surface area contributed by atoms with Crippen LogP contribution in [0.1, 0.15) is 38.7 Å². The maximum Gasteiger partial charge on any atom is 0.254 e. The second-order valence-corrected chi connectivity index (χ2v) is 9.52. The fourth-order valence-corrected chi connectivity index (χ4v) is 4.46. The number of likely N-dealkylation sites (tertiary alicyclic amines) is 1. The van der Waals surface area contributed by atoms with Crippen molar-refractivity contribution in [1.29, 1.82) is 0 Å². The molecule has 160 valence electrons. The van der Waals surface area contributed by atoms with Gasteiger partial charge < -0.3 is 16.0 Å². The van der Waals surface area contributed by atoms with Gasteiger partial charge in [-0.1, -0.05) is 51.3 Å². The Morgan fingerprint density at radius 1 is 1.31 bits per heavy atom. The smallest absolute Gasteiger partial charge is 0.254 e. The number of piperidine rings is 1. The minimum atomic E-state index is -0.287. The standard InChI is InChI=1S/C22H30BrCl2N3O/c1-15(7-10-27-22(29)21(16(2)24)20(25)14-26)28-11-8-18(9-12-28)13-17-3-5-19(23)6-4-17/h3-6,14-15,18H,7-13,26H2,1-2H3,(H,27,29)/b20-14+,21-16-. The molecular formula is C22H30BrCl2N3O. The summed E-state index contributed by atoms with van der Waals surface area (Å²) in [5.41, 5.74) is 7.06. The van der Waals surface area contributed by atoms with E-state index in [2.05, 4.69) is 57.3 Å². The number of nitrogens with two attached hydrogens (primary N) is 1. The van der Waals surface area contributed by atoms with Crippen LogP contribution in [0.5, 0.6) is 0 Å². The normalized spacial score (nSPS) is 18.3. The number of carbonyl (C=O) groups is 1. The molecule has 0 aliphatic carbocycles. The highest BCUT2D eigenvalue weighted by molar-refractivity contribution is 9.10. The second kappa shape index (κ2) is 12.0. The van der Waals surface area contributed by atoms with Gasteiger partial charge in [-0.3, -0.25) is 4.79 Å². The molecule has 0 saturated carbocycles. The molecule has 1 amide bonds. The van der Waals surface area contributed by atoms with Crippen LogP contribution < -0.4 is 11.1 Å². The summed E-state index contributed by atoms with van der Waals surface area (Å²) < 4.78 is 1.13. The molecule has 0 spiro atoms. The lowest BCUT2D eigenvalue weighted by molar-refractivity contribution is -0.117. The van der Waals surface area contributed by atoms with Crippen LogP contribution in [0.25, 0.3) is 0 Å². The maximum atomic E-state index is 12.3. The largest absolute Gasteiger partial charge is 0.403 e. The van der Waals surface area contributed by atoms with Crippen molar-refractivity contribution in [2.45, 2.75) is 45.6 Å². The van der Waals surface area contributed by atoms with Crippen molar-refractivity contribution in [3.05, 3.63) is 56.1 Å². The van der Waals surface area contributed by atoms with Crippen LogP contribution in [-0.4, -0.2) is 36.5 Å². The van der Waals surface area contributed by atoms with Gasteiger partial charge in [0.25, 0.3) is 5.91 Å². The van der Waals surface area contributed by atoms with E-state index in [1.165, 1.54) is 24.6 Å². The SMILES string of the molecule is C/C(Cl)=C(C(=O)NCCC(C)N1CCC(Cc2ccc(Br)cc2)CC1)\C(Cl)=C/N. The van der Waals surface area contributed by atoms with Gasteiger partial charge in [-0.05, 0) is 76.2 Å². The molecule has 0 radical (unpaired) electrons. The zero-order valence-electron chi connectivity index (χ0n) is 17.1. The molecule has 0 aromatic heterocycles. The summed E-state index contributed by atoms with van der Waals surface area (Å²) in [7, 11) is 0. The first kappa shape index (κ1) is 24.3. The Hall–Kier alpha value is -1.01. The van der Waals surface area contributed by atoms with Crippen molar-refractivity contribution < 1.29 is 4.79 Å². The summed E-state index contributed by atoms with van der Waals surface area (Å²) in [4.78, 5) is 14.8. The minimum absolute atomic E-state index is 0.163.